The monoisotopic (exact) mass is 1620 g/mol. The quantitative estimate of drug-likeness (QED) is 0.118. The summed E-state index contributed by atoms with van der Waals surface area (Å²) in [7, 11) is 0. The van der Waals surface area contributed by atoms with Gasteiger partial charge in [0.2, 0.25) is 0 Å². The van der Waals surface area contributed by atoms with Gasteiger partial charge in [0, 0.05) is 89.8 Å². The molecule has 98 heavy (non-hydrogen) atoms. The third kappa shape index (κ3) is 19.7. The average molecular weight is 1620 g/mol. The van der Waals surface area contributed by atoms with Gasteiger partial charge in [0.1, 0.15) is 0 Å². The molecule has 0 atom stereocenters. The van der Waals surface area contributed by atoms with Crippen LogP contribution in [-0.4, -0.2) is 39.9 Å². The topological polar surface area (TPSA) is 103 Å². The van der Waals surface area contributed by atoms with Crippen molar-refractivity contribution in [2.45, 2.75) is 0 Å². The number of nitrogens with zero attached hydrogens (tertiary/aromatic N) is 8. The molecule has 0 N–H and O–H groups in total. The zero-order chi connectivity index (χ0) is 65.0. The maximum Gasteiger partial charge on any atom is 0.0892 e. The summed E-state index contributed by atoms with van der Waals surface area (Å²) in [6, 6.07) is 122. The Hall–Kier alpha value is -11.7. The van der Waals surface area contributed by atoms with E-state index in [1.807, 2.05) is 231 Å². The largest absolute Gasteiger partial charge is 0.305 e. The second kappa shape index (κ2) is 36.8. The van der Waals surface area contributed by atoms with Crippen LogP contribution in [0.4, 0.5) is 0 Å². The van der Waals surface area contributed by atoms with E-state index in [9.17, 15) is 0 Å². The molecule has 0 aliphatic rings. The molecule has 0 amide bonds. The Balaban J connectivity index is 0.000000166. The van der Waals surface area contributed by atoms with Gasteiger partial charge in [0.05, 0.1) is 22.8 Å². The molecule has 0 saturated heterocycles. The minimum atomic E-state index is 0. The van der Waals surface area contributed by atoms with Gasteiger partial charge in [-0.15, -0.1) is 144 Å². The van der Waals surface area contributed by atoms with Crippen LogP contribution in [0.15, 0.2) is 377 Å². The van der Waals surface area contributed by atoms with E-state index in [1.54, 1.807) is 37.2 Å². The van der Waals surface area contributed by atoms with E-state index in [-0.39, 0.29) is 40.2 Å². The van der Waals surface area contributed by atoms with E-state index in [0.717, 1.165) is 90.1 Å². The molecule has 2 radical (unpaired) electrons. The molecule has 0 spiro atoms. The summed E-state index contributed by atoms with van der Waals surface area (Å²) >= 11 is 0. The molecular formula is C88H62Ir2N8-4. The van der Waals surface area contributed by atoms with Crippen molar-refractivity contribution in [1.82, 2.24) is 39.9 Å². The van der Waals surface area contributed by atoms with Crippen LogP contribution in [0.2, 0.25) is 0 Å². The van der Waals surface area contributed by atoms with Crippen molar-refractivity contribution in [3.05, 3.63) is 401 Å². The molecule has 0 fully saturated rings. The van der Waals surface area contributed by atoms with Gasteiger partial charge in [0.15, 0.2) is 0 Å². The molecule has 8 nitrogen and oxygen atoms in total. The van der Waals surface area contributed by atoms with Crippen molar-refractivity contribution in [1.29, 1.82) is 0 Å². The summed E-state index contributed by atoms with van der Waals surface area (Å²) in [5.74, 6) is 0. The number of hydrogen-bond acceptors (Lipinski definition) is 8. The first-order valence-electron chi connectivity index (χ1n) is 31.3. The maximum absolute atomic E-state index is 4.51. The fourth-order valence-electron chi connectivity index (χ4n) is 10.2. The first-order valence-corrected chi connectivity index (χ1v) is 31.3. The van der Waals surface area contributed by atoms with Gasteiger partial charge in [-0.05, 0) is 151 Å². The molecular weight excluding hydrogens is 1550 g/mol. The minimum absolute atomic E-state index is 0. The normalized spacial score (nSPS) is 10.1. The molecule has 16 aromatic rings. The number of pyridine rings is 8. The molecule has 8 aromatic heterocycles. The van der Waals surface area contributed by atoms with Gasteiger partial charge in [0.25, 0.3) is 0 Å². The Bertz CT molecular complexity index is 4270. The van der Waals surface area contributed by atoms with Gasteiger partial charge < -0.3 is 19.9 Å². The van der Waals surface area contributed by atoms with Crippen LogP contribution >= 0.6 is 0 Å². The van der Waals surface area contributed by atoms with Gasteiger partial charge in [-0.2, -0.15) is 0 Å². The molecule has 0 unspecified atom stereocenters. The van der Waals surface area contributed by atoms with Crippen molar-refractivity contribution in [3.8, 4) is 123 Å². The second-order valence-corrected chi connectivity index (χ2v) is 21.6. The average Bonchev–Trinajstić information content (AvgIpc) is 0.887. The van der Waals surface area contributed by atoms with Crippen LogP contribution in [0.5, 0.6) is 0 Å². The zero-order valence-corrected chi connectivity index (χ0v) is 57.8. The Morgan fingerprint density at radius 2 is 0.347 bits per heavy atom. The molecule has 16 rings (SSSR count). The first kappa shape index (κ1) is 69.1. The summed E-state index contributed by atoms with van der Waals surface area (Å²) in [5.41, 5.74) is 23.2. The molecule has 476 valence electrons. The Morgan fingerprint density at radius 1 is 0.153 bits per heavy atom. The van der Waals surface area contributed by atoms with Crippen molar-refractivity contribution in [3.63, 3.8) is 0 Å². The summed E-state index contributed by atoms with van der Waals surface area (Å²) < 4.78 is 0. The van der Waals surface area contributed by atoms with Crippen molar-refractivity contribution in [2.75, 3.05) is 0 Å². The Labute approximate surface area is 600 Å². The van der Waals surface area contributed by atoms with E-state index in [4.69, 9.17) is 0 Å². The molecule has 0 aliphatic heterocycles. The standard InChI is InChI=1S/C44H30N4.4C11H8N.2Ir/c1-3-25-45-41(5-1)43-29-39(23-27-47-43)37-19-15-35(16-20-37)33-11-7-31(8-12-33)32-9-13-34(14-10-32)36-17-21-38(22-18-36)40-24-28-48-44(30-40)42-6-2-4-26-46-42;4*1-2-6-10(7-3-1)11-8-4-5-9-12-11;;/h1-30H;4*1-6,8-9H;;/q;4*-1;;. The predicted octanol–water partition coefficient (Wildman–Crippen LogP) is 21.1. The van der Waals surface area contributed by atoms with Crippen molar-refractivity contribution in [2.24, 2.45) is 0 Å². The van der Waals surface area contributed by atoms with Gasteiger partial charge in [-0.1, -0.05) is 158 Å². The van der Waals surface area contributed by atoms with Crippen LogP contribution in [-0.2, 0) is 40.2 Å². The first-order chi connectivity index (χ1) is 47.6. The summed E-state index contributed by atoms with van der Waals surface area (Å²) in [6.07, 6.45) is 14.4. The van der Waals surface area contributed by atoms with Gasteiger partial charge in [-0.3, -0.25) is 19.9 Å². The molecule has 8 heterocycles. The molecule has 10 heteroatoms. The third-order valence-corrected chi connectivity index (χ3v) is 15.2. The maximum atomic E-state index is 4.51. The van der Waals surface area contributed by atoms with Gasteiger partial charge >= 0.3 is 0 Å². The van der Waals surface area contributed by atoms with E-state index in [0.29, 0.717) is 0 Å². The number of aromatic nitrogens is 8. The van der Waals surface area contributed by atoms with E-state index in [1.165, 1.54) is 33.4 Å². The molecule has 0 aliphatic carbocycles. The summed E-state index contributed by atoms with van der Waals surface area (Å²) in [6.45, 7) is 0. The third-order valence-electron chi connectivity index (χ3n) is 15.2. The van der Waals surface area contributed by atoms with E-state index < -0.39 is 0 Å². The zero-order valence-electron chi connectivity index (χ0n) is 53.0. The van der Waals surface area contributed by atoms with Crippen LogP contribution < -0.4 is 0 Å². The van der Waals surface area contributed by atoms with Gasteiger partial charge in [-0.25, -0.2) is 0 Å². The van der Waals surface area contributed by atoms with Crippen LogP contribution in [0.3, 0.4) is 0 Å². The number of rotatable bonds is 11. The fourth-order valence-corrected chi connectivity index (χ4v) is 10.2. The summed E-state index contributed by atoms with van der Waals surface area (Å²) in [4.78, 5) is 34.8. The van der Waals surface area contributed by atoms with E-state index in [2.05, 4.69) is 173 Å². The number of hydrogen-bond donors (Lipinski definition) is 0. The fraction of sp³-hybridized carbons (Fsp3) is 0. The van der Waals surface area contributed by atoms with Crippen LogP contribution in [0.1, 0.15) is 0 Å². The molecule has 0 saturated carbocycles. The number of benzene rings is 8. The smallest absolute Gasteiger partial charge is 0.0892 e. The Morgan fingerprint density at radius 3 is 0.541 bits per heavy atom. The molecule has 0 bridgehead atoms. The van der Waals surface area contributed by atoms with Crippen molar-refractivity contribution >= 4 is 0 Å². The van der Waals surface area contributed by atoms with Crippen LogP contribution in [0.25, 0.3) is 123 Å². The second-order valence-electron chi connectivity index (χ2n) is 21.6. The predicted molar refractivity (Wildman–Crippen MR) is 390 cm³/mol. The summed E-state index contributed by atoms with van der Waals surface area (Å²) in [5, 5.41) is 0. The SMILES string of the molecule is [Ir].[Ir].[c-]1ccccc1-c1ccccn1.[c-]1ccccc1-c1ccccn1.[c-]1ccccc1-c1ccccn1.[c-]1ccccc1-c1ccccn1.c1ccc(-c2cc(-c3ccc(-c4ccc(-c5ccc(-c6ccc(-c7ccnc(-c8ccccn8)c7)cc6)cc5)cc4)cc3)ccn2)nc1. The minimum Gasteiger partial charge on any atom is -0.305 e. The Kier molecular flexibility index (Phi) is 25.9. The molecule has 8 aromatic carbocycles. The van der Waals surface area contributed by atoms with Crippen LogP contribution in [0, 0.1) is 24.3 Å². The van der Waals surface area contributed by atoms with Crippen molar-refractivity contribution < 1.29 is 40.2 Å². The van der Waals surface area contributed by atoms with E-state index >= 15 is 0 Å².